The number of allylic oxidation sites excluding steroid dienone is 20. The van der Waals surface area contributed by atoms with Crippen molar-refractivity contribution in [3.63, 3.8) is 0 Å². The number of aliphatic carboxylic acids is 1. The van der Waals surface area contributed by atoms with Crippen molar-refractivity contribution >= 4 is 17.9 Å². The van der Waals surface area contributed by atoms with Gasteiger partial charge in [-0.05, 0) is 103 Å². The van der Waals surface area contributed by atoms with Crippen LogP contribution in [0.3, 0.4) is 0 Å². The summed E-state index contributed by atoms with van der Waals surface area (Å²) < 4.78 is 22.8. The van der Waals surface area contributed by atoms with E-state index in [2.05, 4.69) is 135 Å². The second-order valence-electron chi connectivity index (χ2n) is 22.6. The molecule has 0 aliphatic rings. The Balaban J connectivity index is 4.18. The molecule has 0 rings (SSSR count). The van der Waals surface area contributed by atoms with E-state index in [1.54, 1.807) is 0 Å². The van der Waals surface area contributed by atoms with Crippen molar-refractivity contribution in [2.45, 2.75) is 270 Å². The predicted octanol–water partition coefficient (Wildman–Crippen LogP) is 18.7. The maximum Gasteiger partial charge on any atom is 0.306 e. The van der Waals surface area contributed by atoms with Gasteiger partial charge < -0.3 is 33.3 Å². The summed E-state index contributed by atoms with van der Waals surface area (Å²) in [5.74, 6) is -2.29. The molecule has 0 spiro atoms. The van der Waals surface area contributed by atoms with Crippen molar-refractivity contribution in [2.75, 3.05) is 47.5 Å². The molecule has 0 saturated heterocycles. The number of nitrogens with zero attached hydrogens (tertiary/aromatic N) is 1. The zero-order valence-corrected chi connectivity index (χ0v) is 52.6. The highest BCUT2D eigenvalue weighted by atomic mass is 16.7. The van der Waals surface area contributed by atoms with E-state index in [9.17, 15) is 19.5 Å². The Kier molecular flexibility index (Phi) is 58.5. The van der Waals surface area contributed by atoms with Crippen molar-refractivity contribution in [2.24, 2.45) is 0 Å². The van der Waals surface area contributed by atoms with Gasteiger partial charge in [-0.15, -0.1) is 0 Å². The van der Waals surface area contributed by atoms with E-state index in [4.69, 9.17) is 18.9 Å². The first-order valence-electron chi connectivity index (χ1n) is 32.7. The fourth-order valence-corrected chi connectivity index (χ4v) is 8.77. The van der Waals surface area contributed by atoms with Crippen LogP contribution < -0.4 is 5.11 Å². The van der Waals surface area contributed by atoms with Crippen LogP contribution in [-0.4, -0.2) is 82.3 Å². The molecule has 0 amide bonds. The number of carboxylic acid groups (broad SMARTS) is 1. The Morgan fingerprint density at radius 2 is 0.667 bits per heavy atom. The molecule has 0 heterocycles. The molecule has 0 radical (unpaired) electrons. The summed E-state index contributed by atoms with van der Waals surface area (Å²) in [4.78, 5) is 37.4. The molecule has 0 aliphatic heterocycles. The van der Waals surface area contributed by atoms with Gasteiger partial charge in [0.1, 0.15) is 13.2 Å². The zero-order chi connectivity index (χ0) is 59.1. The standard InChI is InChI=1S/C72H121NO8/c1-6-8-10-12-14-16-18-20-22-24-26-28-30-32-33-34-35-36-37-39-41-43-45-47-49-51-53-55-57-59-61-63-70(75)81-68(67-80-72(71(76)77)78-65-64-73(3,4)5)66-79-69(74)62-60-58-56-54-52-50-48-46-44-42-40-38-31-29-27-25-23-21-19-17-15-13-11-9-7-2/h8-11,14-17,20-23,26-29,32-33,38,40,68,72H,6-7,12-13,18-19,24-25,30-31,34-37,39,41-67H2,1-5H3/b10-8-,11-9-,16-14-,17-15-,22-20-,23-21-,28-26-,29-27-,33-32-,40-38-. The van der Waals surface area contributed by atoms with E-state index in [1.165, 1.54) is 109 Å². The van der Waals surface area contributed by atoms with Crippen LogP contribution in [0.25, 0.3) is 0 Å². The van der Waals surface area contributed by atoms with Crippen LogP contribution in [0.1, 0.15) is 258 Å². The zero-order valence-electron chi connectivity index (χ0n) is 52.6. The van der Waals surface area contributed by atoms with Crippen LogP contribution in [0.2, 0.25) is 0 Å². The molecule has 462 valence electrons. The van der Waals surface area contributed by atoms with E-state index in [0.29, 0.717) is 17.4 Å². The van der Waals surface area contributed by atoms with Gasteiger partial charge in [0, 0.05) is 12.8 Å². The first-order chi connectivity index (χ1) is 39.6. The monoisotopic (exact) mass is 1130 g/mol. The Hall–Kier alpha value is -4.31. The molecule has 0 aromatic rings. The van der Waals surface area contributed by atoms with Gasteiger partial charge in [0.05, 0.1) is 40.3 Å². The van der Waals surface area contributed by atoms with E-state index < -0.39 is 24.3 Å². The first kappa shape index (κ1) is 76.7. The highest BCUT2D eigenvalue weighted by Gasteiger charge is 2.22. The minimum absolute atomic E-state index is 0.142. The number of carboxylic acids is 1. The highest BCUT2D eigenvalue weighted by Crippen LogP contribution is 2.16. The quantitative estimate of drug-likeness (QED) is 0.0195. The van der Waals surface area contributed by atoms with Gasteiger partial charge in [-0.25, -0.2) is 0 Å². The lowest BCUT2D eigenvalue weighted by molar-refractivity contribution is -0.870. The third kappa shape index (κ3) is 63.1. The van der Waals surface area contributed by atoms with Crippen molar-refractivity contribution in [3.8, 4) is 0 Å². The number of quaternary nitrogens is 1. The number of likely N-dealkylation sites (N-methyl/N-ethyl adjacent to an activating group) is 1. The van der Waals surface area contributed by atoms with Crippen molar-refractivity contribution in [1.29, 1.82) is 0 Å². The second kappa shape index (κ2) is 61.8. The topological polar surface area (TPSA) is 111 Å². The SMILES string of the molecule is CC/C=C\C/C=C\C/C=C\C/C=C\C/C=C\CCCCCCCCCCCCCCCCCC(=O)OC(COC(=O)CCCCCCCCCCC/C=C\C/C=C\C/C=C\C/C=C\C/C=C\CC)COC(OCC[N+](C)(C)C)C(=O)[O-]. The van der Waals surface area contributed by atoms with E-state index in [1.807, 2.05) is 21.1 Å². The molecule has 9 nitrogen and oxygen atoms in total. The van der Waals surface area contributed by atoms with Gasteiger partial charge in [-0.1, -0.05) is 264 Å². The molecule has 9 heteroatoms. The smallest absolute Gasteiger partial charge is 0.306 e. The number of hydrogen-bond donors (Lipinski definition) is 0. The first-order valence-corrected chi connectivity index (χ1v) is 32.7. The maximum absolute atomic E-state index is 12.9. The fourth-order valence-electron chi connectivity index (χ4n) is 8.77. The molecule has 0 fully saturated rings. The van der Waals surface area contributed by atoms with Gasteiger partial charge in [-0.2, -0.15) is 0 Å². The number of carbonyl (C=O) groups excluding carboxylic acids is 3. The summed E-state index contributed by atoms with van der Waals surface area (Å²) in [5.41, 5.74) is 0. The van der Waals surface area contributed by atoms with E-state index in [-0.39, 0.29) is 38.6 Å². The van der Waals surface area contributed by atoms with Crippen LogP contribution >= 0.6 is 0 Å². The summed E-state index contributed by atoms with van der Waals surface area (Å²) in [6.07, 6.45) is 84.0. The summed E-state index contributed by atoms with van der Waals surface area (Å²) in [5, 5.41) is 11.8. The maximum atomic E-state index is 12.9. The normalized spacial score (nSPS) is 13.5. The molecule has 0 aliphatic carbocycles. The second-order valence-corrected chi connectivity index (χ2v) is 22.6. The molecular formula is C72H121NO8. The minimum Gasteiger partial charge on any atom is -0.545 e. The summed E-state index contributed by atoms with van der Waals surface area (Å²) in [7, 11) is 5.92. The van der Waals surface area contributed by atoms with Crippen LogP contribution in [0, 0.1) is 0 Å². The number of ether oxygens (including phenoxy) is 4. The Bertz CT molecular complexity index is 1740. The lowest BCUT2D eigenvalue weighted by Gasteiger charge is -2.26. The average molecular weight is 1130 g/mol. The van der Waals surface area contributed by atoms with Gasteiger partial charge in [0.25, 0.3) is 0 Å². The number of unbranched alkanes of at least 4 members (excludes halogenated alkanes) is 24. The molecule has 0 bridgehead atoms. The highest BCUT2D eigenvalue weighted by molar-refractivity contribution is 5.70. The molecule has 2 atom stereocenters. The Morgan fingerprint density at radius 1 is 0.370 bits per heavy atom. The molecule has 0 N–H and O–H groups in total. The third-order valence-electron chi connectivity index (χ3n) is 13.7. The summed E-state index contributed by atoms with van der Waals surface area (Å²) in [6.45, 7) is 4.52. The summed E-state index contributed by atoms with van der Waals surface area (Å²) >= 11 is 0. The number of rotatable bonds is 59. The van der Waals surface area contributed by atoms with Gasteiger partial charge in [-0.3, -0.25) is 9.59 Å². The Labute approximate surface area is 497 Å². The largest absolute Gasteiger partial charge is 0.545 e. The molecule has 0 aromatic heterocycles. The number of hydrogen-bond acceptors (Lipinski definition) is 8. The number of carbonyl (C=O) groups is 3. The van der Waals surface area contributed by atoms with Gasteiger partial charge in [0.15, 0.2) is 12.4 Å². The van der Waals surface area contributed by atoms with Crippen molar-refractivity contribution in [1.82, 2.24) is 0 Å². The molecule has 81 heavy (non-hydrogen) atoms. The molecular weight excluding hydrogens is 1010 g/mol. The van der Waals surface area contributed by atoms with Gasteiger partial charge >= 0.3 is 11.9 Å². The number of esters is 2. The average Bonchev–Trinajstić information content (AvgIpc) is 3.44. The molecule has 0 saturated carbocycles. The predicted molar refractivity (Wildman–Crippen MR) is 343 cm³/mol. The fraction of sp³-hybridized carbons (Fsp3) is 0.681. The van der Waals surface area contributed by atoms with E-state index >= 15 is 0 Å². The van der Waals surface area contributed by atoms with Crippen molar-refractivity contribution < 1.29 is 42.9 Å². The Morgan fingerprint density at radius 3 is 0.988 bits per heavy atom. The third-order valence-corrected chi connectivity index (χ3v) is 13.7. The van der Waals surface area contributed by atoms with Crippen LogP contribution in [0.5, 0.6) is 0 Å². The van der Waals surface area contributed by atoms with Crippen LogP contribution in [0.4, 0.5) is 0 Å². The minimum atomic E-state index is -1.63. The van der Waals surface area contributed by atoms with Gasteiger partial charge in [0.2, 0.25) is 0 Å². The van der Waals surface area contributed by atoms with Crippen LogP contribution in [0.15, 0.2) is 122 Å². The molecule has 2 unspecified atom stereocenters. The van der Waals surface area contributed by atoms with Crippen molar-refractivity contribution in [3.05, 3.63) is 122 Å². The van der Waals surface area contributed by atoms with E-state index in [0.717, 1.165) is 116 Å². The van der Waals surface area contributed by atoms with Crippen LogP contribution in [-0.2, 0) is 33.3 Å². The lowest BCUT2D eigenvalue weighted by Crippen LogP contribution is -2.44. The molecule has 0 aromatic carbocycles. The summed E-state index contributed by atoms with van der Waals surface area (Å²) in [6, 6.07) is 0. The lowest BCUT2D eigenvalue weighted by atomic mass is 10.0.